The summed E-state index contributed by atoms with van der Waals surface area (Å²) in [6.07, 6.45) is 2.07. The summed E-state index contributed by atoms with van der Waals surface area (Å²) in [5.41, 5.74) is 1.19. The number of rotatable bonds is 4. The lowest BCUT2D eigenvalue weighted by molar-refractivity contribution is -0.136. The van der Waals surface area contributed by atoms with Gasteiger partial charge in [-0.1, -0.05) is 0 Å². The summed E-state index contributed by atoms with van der Waals surface area (Å²) in [6, 6.07) is 0. The van der Waals surface area contributed by atoms with Crippen molar-refractivity contribution in [2.45, 2.75) is 18.8 Å². The van der Waals surface area contributed by atoms with Crippen molar-refractivity contribution in [2.75, 3.05) is 40.0 Å². The molecule has 3 rings (SSSR count). The van der Waals surface area contributed by atoms with E-state index in [0.717, 1.165) is 18.0 Å². The van der Waals surface area contributed by atoms with Crippen LogP contribution in [0.4, 0.5) is 0 Å². The summed E-state index contributed by atoms with van der Waals surface area (Å²) in [5, 5.41) is 12.8. The Morgan fingerprint density at radius 1 is 1.61 bits per heavy atom. The van der Waals surface area contributed by atoms with E-state index in [0.29, 0.717) is 19.1 Å². The highest BCUT2D eigenvalue weighted by molar-refractivity contribution is 7.09. The van der Waals surface area contributed by atoms with Crippen LogP contribution < -0.4 is 0 Å². The maximum absolute atomic E-state index is 9.44. The Labute approximate surface area is 112 Å². The number of nitrogens with zero attached hydrogens (tertiary/aromatic N) is 2. The first-order valence-corrected chi connectivity index (χ1v) is 7.40. The van der Waals surface area contributed by atoms with Gasteiger partial charge in [0, 0.05) is 29.7 Å². The number of aromatic nitrogens is 1. The second kappa shape index (κ2) is 4.89. The Bertz CT molecular complexity index is 411. The monoisotopic (exact) mass is 268 g/mol. The molecule has 4 nitrogen and oxygen atoms in total. The van der Waals surface area contributed by atoms with E-state index in [9.17, 15) is 5.11 Å². The topological polar surface area (TPSA) is 45.6 Å². The molecule has 0 amide bonds. The smallest absolute Gasteiger partial charge is 0.0936 e. The molecule has 3 heterocycles. The average molecular weight is 268 g/mol. The number of ether oxygens (including phenoxy) is 1. The highest BCUT2D eigenvalue weighted by atomic mass is 32.1. The van der Waals surface area contributed by atoms with Crippen LogP contribution in [0, 0.1) is 5.41 Å². The molecule has 5 heteroatoms. The highest BCUT2D eigenvalue weighted by Crippen LogP contribution is 2.34. The SMILES string of the molecule is CN1CCC(c2csc(CC3(CO)COC3)n2)C1. The minimum Gasteiger partial charge on any atom is -0.396 e. The van der Waals surface area contributed by atoms with Gasteiger partial charge >= 0.3 is 0 Å². The molecule has 1 unspecified atom stereocenters. The molecule has 2 fully saturated rings. The Balaban J connectivity index is 1.66. The maximum atomic E-state index is 9.44. The zero-order valence-corrected chi connectivity index (χ0v) is 11.6. The van der Waals surface area contributed by atoms with Gasteiger partial charge in [0.25, 0.3) is 0 Å². The van der Waals surface area contributed by atoms with Crippen molar-refractivity contribution in [3.63, 3.8) is 0 Å². The van der Waals surface area contributed by atoms with Gasteiger partial charge in [-0.05, 0) is 20.0 Å². The molecule has 2 aliphatic rings. The standard InChI is InChI=1S/C13H20N2O2S/c1-15-3-2-10(5-15)11-6-18-12(14-11)4-13(7-16)8-17-9-13/h6,10,16H,2-5,7-9H2,1H3. The van der Waals surface area contributed by atoms with Gasteiger partial charge in [-0.3, -0.25) is 0 Å². The van der Waals surface area contributed by atoms with Gasteiger partial charge in [-0.15, -0.1) is 11.3 Å². The fraction of sp³-hybridized carbons (Fsp3) is 0.769. The predicted molar refractivity (Wildman–Crippen MR) is 71.0 cm³/mol. The zero-order valence-electron chi connectivity index (χ0n) is 10.8. The Morgan fingerprint density at radius 3 is 3.00 bits per heavy atom. The molecule has 1 aromatic rings. The largest absolute Gasteiger partial charge is 0.396 e. The highest BCUT2D eigenvalue weighted by Gasteiger charge is 2.39. The van der Waals surface area contributed by atoms with Crippen molar-refractivity contribution < 1.29 is 9.84 Å². The lowest BCUT2D eigenvalue weighted by Crippen LogP contribution is -2.47. The third-order valence-corrected chi connectivity index (χ3v) is 4.92. The fourth-order valence-electron chi connectivity index (χ4n) is 2.73. The van der Waals surface area contributed by atoms with E-state index < -0.39 is 0 Å². The van der Waals surface area contributed by atoms with E-state index in [1.54, 1.807) is 11.3 Å². The Hall–Kier alpha value is -0.490. The molecule has 1 aromatic heterocycles. The first-order valence-electron chi connectivity index (χ1n) is 6.52. The van der Waals surface area contributed by atoms with Crippen LogP contribution in [-0.2, 0) is 11.2 Å². The van der Waals surface area contributed by atoms with Crippen molar-refractivity contribution in [3.05, 3.63) is 16.1 Å². The summed E-state index contributed by atoms with van der Waals surface area (Å²) < 4.78 is 5.23. The molecule has 2 aliphatic heterocycles. The molecule has 1 atom stereocenters. The quantitative estimate of drug-likeness (QED) is 0.888. The first kappa shape index (κ1) is 12.5. The second-order valence-electron chi connectivity index (χ2n) is 5.74. The third kappa shape index (κ3) is 2.32. The summed E-state index contributed by atoms with van der Waals surface area (Å²) in [6.45, 7) is 3.84. The van der Waals surface area contributed by atoms with Gasteiger partial charge in [0.1, 0.15) is 0 Å². The number of hydrogen-bond donors (Lipinski definition) is 1. The summed E-state index contributed by atoms with van der Waals surface area (Å²) in [7, 11) is 2.17. The van der Waals surface area contributed by atoms with E-state index in [2.05, 4.69) is 17.3 Å². The van der Waals surface area contributed by atoms with E-state index in [1.165, 1.54) is 18.7 Å². The summed E-state index contributed by atoms with van der Waals surface area (Å²) >= 11 is 1.73. The molecule has 100 valence electrons. The number of likely N-dealkylation sites (N-methyl/N-ethyl adjacent to an activating group) is 1. The first-order chi connectivity index (χ1) is 8.71. The van der Waals surface area contributed by atoms with Gasteiger partial charge in [0.2, 0.25) is 0 Å². The normalized spacial score (nSPS) is 27.3. The van der Waals surface area contributed by atoms with E-state index in [1.807, 2.05) is 0 Å². The molecule has 0 spiro atoms. The molecule has 0 radical (unpaired) electrons. The molecular weight excluding hydrogens is 248 g/mol. The van der Waals surface area contributed by atoms with Crippen molar-refractivity contribution >= 4 is 11.3 Å². The van der Waals surface area contributed by atoms with Crippen LogP contribution in [-0.4, -0.2) is 54.9 Å². The van der Waals surface area contributed by atoms with Crippen LogP contribution in [0.1, 0.15) is 23.0 Å². The van der Waals surface area contributed by atoms with Crippen LogP contribution in [0.5, 0.6) is 0 Å². The fourth-order valence-corrected chi connectivity index (χ4v) is 3.78. The van der Waals surface area contributed by atoms with Gasteiger partial charge < -0.3 is 14.7 Å². The van der Waals surface area contributed by atoms with Crippen LogP contribution in [0.3, 0.4) is 0 Å². The minimum absolute atomic E-state index is 0.0540. The number of likely N-dealkylation sites (tertiary alicyclic amines) is 1. The second-order valence-corrected chi connectivity index (χ2v) is 6.68. The molecule has 0 saturated carbocycles. The zero-order chi connectivity index (χ0) is 12.6. The molecule has 18 heavy (non-hydrogen) atoms. The molecule has 1 N–H and O–H groups in total. The molecule has 0 bridgehead atoms. The molecule has 0 aliphatic carbocycles. The number of hydrogen-bond acceptors (Lipinski definition) is 5. The lowest BCUT2D eigenvalue weighted by Gasteiger charge is -2.39. The summed E-state index contributed by atoms with van der Waals surface area (Å²) in [4.78, 5) is 7.13. The average Bonchev–Trinajstić information content (AvgIpc) is 2.92. The number of aliphatic hydroxyl groups excluding tert-OH is 1. The summed E-state index contributed by atoms with van der Waals surface area (Å²) in [5.74, 6) is 0.600. The predicted octanol–water partition coefficient (Wildman–Crippen LogP) is 1.11. The molecule has 0 aromatic carbocycles. The van der Waals surface area contributed by atoms with E-state index >= 15 is 0 Å². The Morgan fingerprint density at radius 2 is 2.44 bits per heavy atom. The number of aliphatic hydroxyl groups is 1. The van der Waals surface area contributed by atoms with Crippen molar-refractivity contribution in [1.29, 1.82) is 0 Å². The van der Waals surface area contributed by atoms with Crippen molar-refractivity contribution in [2.24, 2.45) is 5.41 Å². The van der Waals surface area contributed by atoms with E-state index in [4.69, 9.17) is 9.72 Å². The third-order valence-electron chi connectivity index (χ3n) is 4.06. The minimum atomic E-state index is -0.0540. The van der Waals surface area contributed by atoms with Gasteiger partial charge in [0.05, 0.1) is 30.5 Å². The van der Waals surface area contributed by atoms with Crippen LogP contribution >= 0.6 is 11.3 Å². The van der Waals surface area contributed by atoms with E-state index in [-0.39, 0.29) is 12.0 Å². The van der Waals surface area contributed by atoms with Gasteiger partial charge in [-0.2, -0.15) is 0 Å². The van der Waals surface area contributed by atoms with Crippen molar-refractivity contribution in [1.82, 2.24) is 9.88 Å². The lowest BCUT2D eigenvalue weighted by atomic mass is 9.84. The molecular formula is C13H20N2O2S. The van der Waals surface area contributed by atoms with Crippen molar-refractivity contribution in [3.8, 4) is 0 Å². The molecule has 2 saturated heterocycles. The van der Waals surface area contributed by atoms with Crippen LogP contribution in [0.15, 0.2) is 5.38 Å². The van der Waals surface area contributed by atoms with Gasteiger partial charge in [0.15, 0.2) is 0 Å². The maximum Gasteiger partial charge on any atom is 0.0936 e. The van der Waals surface area contributed by atoms with Crippen LogP contribution in [0.2, 0.25) is 0 Å². The Kier molecular flexibility index (Phi) is 3.40. The van der Waals surface area contributed by atoms with Crippen LogP contribution in [0.25, 0.3) is 0 Å². The van der Waals surface area contributed by atoms with Gasteiger partial charge in [-0.25, -0.2) is 4.98 Å². The number of thiazole rings is 1.